The molecular formula is C45H47BrN2O3. The van der Waals surface area contributed by atoms with Crippen LogP contribution < -0.4 is 10.7 Å². The summed E-state index contributed by atoms with van der Waals surface area (Å²) in [7, 11) is 0. The Morgan fingerprint density at radius 1 is 0.804 bits per heavy atom. The Morgan fingerprint density at radius 3 is 2.16 bits per heavy atom. The van der Waals surface area contributed by atoms with Gasteiger partial charge in [-0.25, -0.2) is 9.79 Å². The number of anilines is 2. The van der Waals surface area contributed by atoms with Crippen LogP contribution >= 0.6 is 15.9 Å². The SMILES string of the molecule is CCc1cccc(CC)c1Nc1ccc2c(-c3ccccc3C(=O)OCCCBr)c3ccc(=Nc4c(C(C)C)cccc4C(C)C)cc-3oc2c1. The van der Waals surface area contributed by atoms with E-state index in [0.29, 0.717) is 35.3 Å². The second-order valence-corrected chi connectivity index (χ2v) is 14.4. The Kier molecular flexibility index (Phi) is 11.4. The average molecular weight is 744 g/mol. The van der Waals surface area contributed by atoms with Crippen molar-refractivity contribution in [3.8, 4) is 22.5 Å². The fourth-order valence-corrected chi connectivity index (χ4v) is 7.04. The fourth-order valence-electron chi connectivity index (χ4n) is 6.81. The van der Waals surface area contributed by atoms with Crippen LogP contribution in [-0.2, 0) is 17.6 Å². The third-order valence-corrected chi connectivity index (χ3v) is 10.0. The van der Waals surface area contributed by atoms with E-state index < -0.39 is 0 Å². The molecule has 0 amide bonds. The van der Waals surface area contributed by atoms with Gasteiger partial charge in [-0.15, -0.1) is 0 Å². The van der Waals surface area contributed by atoms with Gasteiger partial charge in [-0.1, -0.05) is 112 Å². The highest BCUT2D eigenvalue weighted by atomic mass is 79.9. The van der Waals surface area contributed by atoms with Gasteiger partial charge in [0.1, 0.15) is 11.3 Å². The fraction of sp³-hybridized carbons (Fsp3) is 0.289. The van der Waals surface area contributed by atoms with E-state index in [1.807, 2.05) is 30.3 Å². The summed E-state index contributed by atoms with van der Waals surface area (Å²) < 4.78 is 12.5. The lowest BCUT2D eigenvalue weighted by molar-refractivity contribution is 0.0507. The second kappa shape index (κ2) is 16.1. The first-order valence-electron chi connectivity index (χ1n) is 18.1. The van der Waals surface area contributed by atoms with E-state index in [9.17, 15) is 4.79 Å². The molecule has 0 unspecified atom stereocenters. The molecule has 0 fully saturated rings. The molecule has 1 aliphatic heterocycles. The van der Waals surface area contributed by atoms with Gasteiger partial charge in [-0.05, 0) is 89.2 Å². The molecule has 5 nitrogen and oxygen atoms in total. The molecule has 0 aromatic heterocycles. The monoisotopic (exact) mass is 742 g/mol. The minimum atomic E-state index is -0.340. The summed E-state index contributed by atoms with van der Waals surface area (Å²) in [5, 5.41) is 6.21. The van der Waals surface area contributed by atoms with Crippen LogP contribution in [0.3, 0.4) is 0 Å². The number of carbonyl (C=O) groups is 1. The van der Waals surface area contributed by atoms with E-state index in [0.717, 1.165) is 69.1 Å². The third kappa shape index (κ3) is 7.67. The lowest BCUT2D eigenvalue weighted by Gasteiger charge is -2.19. The van der Waals surface area contributed by atoms with Crippen LogP contribution in [0.1, 0.15) is 92.4 Å². The summed E-state index contributed by atoms with van der Waals surface area (Å²) in [6.07, 6.45) is 2.59. The van der Waals surface area contributed by atoms with Gasteiger partial charge in [-0.3, -0.25) is 0 Å². The van der Waals surface area contributed by atoms with E-state index in [1.165, 1.54) is 22.3 Å². The predicted octanol–water partition coefficient (Wildman–Crippen LogP) is 12.5. The van der Waals surface area contributed by atoms with E-state index in [1.54, 1.807) is 0 Å². The maximum Gasteiger partial charge on any atom is 0.338 e. The molecule has 0 atom stereocenters. The van der Waals surface area contributed by atoms with Crippen molar-refractivity contribution in [1.82, 2.24) is 0 Å². The topological polar surface area (TPSA) is 63.8 Å². The maximum atomic E-state index is 13.5. The number of nitrogens with zero attached hydrogens (tertiary/aromatic N) is 1. The van der Waals surface area contributed by atoms with Gasteiger partial charge >= 0.3 is 5.97 Å². The van der Waals surface area contributed by atoms with Crippen molar-refractivity contribution in [3.05, 3.63) is 130 Å². The lowest BCUT2D eigenvalue weighted by atomic mass is 9.90. The summed E-state index contributed by atoms with van der Waals surface area (Å²) >= 11 is 3.44. The number of fused-ring (bicyclic) bond motifs is 2. The van der Waals surface area contributed by atoms with E-state index in [-0.39, 0.29) is 5.97 Å². The smallest absolute Gasteiger partial charge is 0.338 e. The van der Waals surface area contributed by atoms with Crippen molar-refractivity contribution < 1.29 is 13.9 Å². The summed E-state index contributed by atoms with van der Waals surface area (Å²) in [6, 6.07) is 33.1. The molecule has 51 heavy (non-hydrogen) atoms. The minimum absolute atomic E-state index is 0.325. The number of benzene rings is 5. The third-order valence-electron chi connectivity index (χ3n) is 9.48. The molecule has 6 rings (SSSR count). The van der Waals surface area contributed by atoms with Crippen LogP contribution in [0, 0.1) is 0 Å². The quantitative estimate of drug-likeness (QED) is 0.0587. The molecule has 1 heterocycles. The molecule has 0 saturated carbocycles. The zero-order valence-electron chi connectivity index (χ0n) is 30.5. The van der Waals surface area contributed by atoms with E-state index in [2.05, 4.69) is 130 Å². The van der Waals surface area contributed by atoms with Crippen molar-refractivity contribution in [2.24, 2.45) is 4.99 Å². The Morgan fingerprint density at radius 2 is 1.49 bits per heavy atom. The molecule has 1 N–H and O–H groups in total. The minimum Gasteiger partial charge on any atom is -0.462 e. The van der Waals surface area contributed by atoms with Gasteiger partial charge in [0.2, 0.25) is 0 Å². The van der Waals surface area contributed by atoms with Gasteiger partial charge in [0.25, 0.3) is 0 Å². The van der Waals surface area contributed by atoms with Crippen LogP contribution in [0.2, 0.25) is 0 Å². The van der Waals surface area contributed by atoms with Crippen molar-refractivity contribution >= 4 is 49.9 Å². The van der Waals surface area contributed by atoms with Crippen LogP contribution in [0.5, 0.6) is 0 Å². The first-order chi connectivity index (χ1) is 24.7. The summed E-state index contributed by atoms with van der Waals surface area (Å²) in [4.78, 5) is 18.8. The number of hydrogen-bond donors (Lipinski definition) is 1. The number of ether oxygens (including phenoxy) is 1. The summed E-state index contributed by atoms with van der Waals surface area (Å²) in [6.45, 7) is 13.6. The molecule has 4 aromatic rings. The molecule has 1 aliphatic carbocycles. The Labute approximate surface area is 310 Å². The highest BCUT2D eigenvalue weighted by Gasteiger charge is 2.23. The molecule has 6 heteroatoms. The van der Waals surface area contributed by atoms with Gasteiger partial charge < -0.3 is 14.5 Å². The number of hydrogen-bond acceptors (Lipinski definition) is 5. The standard InChI is InChI=1S/C45H47BrN2O3/c1-7-30-14-11-15-31(8-2)43(30)47-32-20-22-38-40(26-32)51-41-27-33(48-44-34(28(3)4)18-12-19-35(44)29(5)6)21-23-39(41)42(38)36-16-9-10-17-37(36)45(49)50-25-13-24-46/h9-12,14-23,26-29,47H,7-8,13,24-25H2,1-6H3. The van der Waals surface area contributed by atoms with Crippen LogP contribution in [0.15, 0.2) is 106 Å². The molecule has 2 aliphatic rings. The van der Waals surface area contributed by atoms with Crippen molar-refractivity contribution in [2.75, 3.05) is 17.3 Å². The highest BCUT2D eigenvalue weighted by Crippen LogP contribution is 2.43. The first-order valence-corrected chi connectivity index (χ1v) is 19.2. The normalized spacial score (nSPS) is 12.0. The summed E-state index contributed by atoms with van der Waals surface area (Å²) in [5.41, 5.74) is 11.9. The van der Waals surface area contributed by atoms with Gasteiger partial charge in [0.15, 0.2) is 0 Å². The summed E-state index contributed by atoms with van der Waals surface area (Å²) in [5.74, 6) is 1.000. The van der Waals surface area contributed by atoms with Crippen LogP contribution in [-0.4, -0.2) is 17.9 Å². The number of rotatable bonds is 12. The number of esters is 1. The van der Waals surface area contributed by atoms with Crippen LogP contribution in [0.4, 0.5) is 17.1 Å². The van der Waals surface area contributed by atoms with Crippen molar-refractivity contribution in [1.29, 1.82) is 0 Å². The first kappa shape index (κ1) is 36.1. The number of nitrogens with one attached hydrogen (secondary N) is 1. The molecular weight excluding hydrogens is 696 g/mol. The Balaban J connectivity index is 1.59. The zero-order valence-corrected chi connectivity index (χ0v) is 32.1. The van der Waals surface area contributed by atoms with Gasteiger partial charge in [0, 0.05) is 45.4 Å². The zero-order chi connectivity index (χ0) is 36.1. The average Bonchev–Trinajstić information content (AvgIpc) is 3.13. The highest BCUT2D eigenvalue weighted by molar-refractivity contribution is 9.09. The van der Waals surface area contributed by atoms with Crippen molar-refractivity contribution in [3.63, 3.8) is 0 Å². The second-order valence-electron chi connectivity index (χ2n) is 13.6. The number of aryl methyl sites for hydroxylation is 2. The lowest BCUT2D eigenvalue weighted by Crippen LogP contribution is -2.09. The van der Waals surface area contributed by atoms with E-state index in [4.69, 9.17) is 14.1 Å². The van der Waals surface area contributed by atoms with Gasteiger partial charge in [-0.2, -0.15) is 0 Å². The van der Waals surface area contributed by atoms with Gasteiger partial charge in [0.05, 0.1) is 23.2 Å². The maximum absolute atomic E-state index is 13.5. The van der Waals surface area contributed by atoms with E-state index >= 15 is 0 Å². The number of alkyl halides is 1. The molecule has 4 aromatic carbocycles. The van der Waals surface area contributed by atoms with Crippen LogP contribution in [0.25, 0.3) is 33.4 Å². The number of halogens is 1. The Hall–Kier alpha value is -4.68. The largest absolute Gasteiger partial charge is 0.462 e. The van der Waals surface area contributed by atoms with Crippen molar-refractivity contribution in [2.45, 2.75) is 72.6 Å². The molecule has 0 spiro atoms. The molecule has 0 bridgehead atoms. The number of para-hydroxylation sites is 2. The predicted molar refractivity (Wildman–Crippen MR) is 215 cm³/mol. The molecule has 262 valence electrons. The molecule has 0 saturated heterocycles. The number of carbonyl (C=O) groups excluding carboxylic acids is 1. The molecule has 0 radical (unpaired) electrons. The Bertz CT molecular complexity index is 2170.